The van der Waals surface area contributed by atoms with Gasteiger partial charge in [-0.2, -0.15) is 0 Å². The maximum Gasteiger partial charge on any atom is 0.306 e. The lowest BCUT2D eigenvalue weighted by Crippen LogP contribution is -2.08. The van der Waals surface area contributed by atoms with Crippen molar-refractivity contribution in [3.05, 3.63) is 0 Å². The first-order valence-corrected chi connectivity index (χ1v) is 8.21. The van der Waals surface area contributed by atoms with E-state index in [1.54, 1.807) is 0 Å². The number of carbonyl (C=O) groups is 2. The van der Waals surface area contributed by atoms with Crippen LogP contribution in [0.4, 0.5) is 0 Å². The molecule has 0 aromatic heterocycles. The smallest absolute Gasteiger partial charge is 0.306 e. The van der Waals surface area contributed by atoms with E-state index in [0.717, 1.165) is 32.3 Å². The molecule has 0 aliphatic carbocycles. The van der Waals surface area contributed by atoms with Crippen LogP contribution < -0.4 is 0 Å². The van der Waals surface area contributed by atoms with Crippen molar-refractivity contribution >= 4 is 11.9 Å². The van der Waals surface area contributed by atoms with Gasteiger partial charge >= 0.3 is 11.9 Å². The lowest BCUT2D eigenvalue weighted by Gasteiger charge is -2.08. The zero-order valence-electron chi connectivity index (χ0n) is 13.1. The van der Waals surface area contributed by atoms with Gasteiger partial charge in [0.2, 0.25) is 0 Å². The van der Waals surface area contributed by atoms with Crippen LogP contribution in [0.25, 0.3) is 0 Å². The number of rotatable bonds is 11. The highest BCUT2D eigenvalue weighted by molar-refractivity contribution is 5.71. The molecule has 22 heavy (non-hydrogen) atoms. The Labute approximate surface area is 131 Å². The van der Waals surface area contributed by atoms with E-state index in [-0.39, 0.29) is 11.9 Å². The maximum absolute atomic E-state index is 10.9. The minimum absolute atomic E-state index is 0.0726. The highest BCUT2D eigenvalue weighted by Gasteiger charge is 2.23. The van der Waals surface area contributed by atoms with Gasteiger partial charge in [-0.1, -0.05) is 0 Å². The molecule has 2 saturated heterocycles. The molecule has 2 aliphatic heterocycles. The summed E-state index contributed by atoms with van der Waals surface area (Å²) in [6.07, 6.45) is 4.82. The molecule has 2 aliphatic rings. The SMILES string of the molecule is O=C1CC(CCCOCCCOCCC2COC(=O)C2)CO1. The lowest BCUT2D eigenvalue weighted by atomic mass is 10.0. The number of esters is 2. The Morgan fingerprint density at radius 2 is 1.32 bits per heavy atom. The van der Waals surface area contributed by atoms with E-state index in [4.69, 9.17) is 18.9 Å². The Morgan fingerprint density at radius 1 is 0.773 bits per heavy atom. The van der Waals surface area contributed by atoms with Gasteiger partial charge in [0.05, 0.1) is 26.1 Å². The summed E-state index contributed by atoms with van der Waals surface area (Å²) < 4.78 is 20.9. The van der Waals surface area contributed by atoms with Crippen molar-refractivity contribution in [2.75, 3.05) is 39.6 Å². The second-order valence-corrected chi connectivity index (χ2v) is 6.02. The van der Waals surface area contributed by atoms with Crippen molar-refractivity contribution in [3.63, 3.8) is 0 Å². The standard InChI is InChI=1S/C16H26O6/c17-15-9-13(11-21-15)3-1-5-19-6-2-7-20-8-4-14-10-16(18)22-12-14/h13-14H,1-12H2. The van der Waals surface area contributed by atoms with E-state index in [0.29, 0.717) is 57.7 Å². The summed E-state index contributed by atoms with van der Waals surface area (Å²) in [5.41, 5.74) is 0. The second kappa shape index (κ2) is 9.79. The summed E-state index contributed by atoms with van der Waals surface area (Å²) in [7, 11) is 0. The van der Waals surface area contributed by atoms with E-state index < -0.39 is 0 Å². The van der Waals surface area contributed by atoms with Crippen LogP contribution >= 0.6 is 0 Å². The zero-order valence-corrected chi connectivity index (χ0v) is 13.1. The van der Waals surface area contributed by atoms with Crippen LogP contribution in [0.15, 0.2) is 0 Å². The molecule has 0 radical (unpaired) electrons. The van der Waals surface area contributed by atoms with Crippen molar-refractivity contribution in [3.8, 4) is 0 Å². The van der Waals surface area contributed by atoms with Gasteiger partial charge in [-0.25, -0.2) is 0 Å². The van der Waals surface area contributed by atoms with Crippen molar-refractivity contribution in [1.29, 1.82) is 0 Å². The van der Waals surface area contributed by atoms with Crippen molar-refractivity contribution in [1.82, 2.24) is 0 Å². The van der Waals surface area contributed by atoms with Crippen LogP contribution in [-0.4, -0.2) is 51.6 Å². The van der Waals surface area contributed by atoms with Crippen LogP contribution in [0.1, 0.15) is 38.5 Å². The average Bonchev–Trinajstić information content (AvgIpc) is 3.09. The molecule has 0 spiro atoms. The molecule has 2 heterocycles. The molecule has 0 saturated carbocycles. The summed E-state index contributed by atoms with van der Waals surface area (Å²) in [6, 6.07) is 0. The zero-order chi connectivity index (χ0) is 15.6. The second-order valence-electron chi connectivity index (χ2n) is 6.02. The fourth-order valence-corrected chi connectivity index (χ4v) is 2.69. The Hall–Kier alpha value is -1.14. The van der Waals surface area contributed by atoms with Crippen molar-refractivity contribution in [2.45, 2.75) is 38.5 Å². The minimum Gasteiger partial charge on any atom is -0.465 e. The van der Waals surface area contributed by atoms with Crippen LogP contribution in [-0.2, 0) is 28.5 Å². The predicted molar refractivity (Wildman–Crippen MR) is 78.2 cm³/mol. The molecule has 0 bridgehead atoms. The normalized spacial score (nSPS) is 24.5. The Morgan fingerprint density at radius 3 is 1.91 bits per heavy atom. The number of ether oxygens (including phenoxy) is 4. The van der Waals surface area contributed by atoms with Crippen LogP contribution in [0.3, 0.4) is 0 Å². The quantitative estimate of drug-likeness (QED) is 0.427. The third kappa shape index (κ3) is 6.75. The van der Waals surface area contributed by atoms with Crippen LogP contribution in [0.5, 0.6) is 0 Å². The molecule has 2 atom stereocenters. The first-order valence-electron chi connectivity index (χ1n) is 8.21. The van der Waals surface area contributed by atoms with E-state index in [1.165, 1.54) is 0 Å². The number of carbonyl (C=O) groups excluding carboxylic acids is 2. The molecule has 2 rings (SSSR count). The summed E-state index contributed by atoms with van der Waals surface area (Å²) in [5.74, 6) is 0.546. The number of hydrogen-bond acceptors (Lipinski definition) is 6. The molecule has 0 aromatic carbocycles. The monoisotopic (exact) mass is 314 g/mol. The molecule has 0 amide bonds. The molecule has 2 unspecified atom stereocenters. The lowest BCUT2D eigenvalue weighted by molar-refractivity contribution is -0.138. The van der Waals surface area contributed by atoms with Gasteiger partial charge in [0.1, 0.15) is 0 Å². The number of cyclic esters (lactones) is 2. The highest BCUT2D eigenvalue weighted by Crippen LogP contribution is 2.19. The van der Waals surface area contributed by atoms with Gasteiger partial charge < -0.3 is 18.9 Å². The van der Waals surface area contributed by atoms with E-state index >= 15 is 0 Å². The molecule has 0 aromatic rings. The van der Waals surface area contributed by atoms with Crippen LogP contribution in [0.2, 0.25) is 0 Å². The van der Waals surface area contributed by atoms with Gasteiger partial charge in [0.25, 0.3) is 0 Å². The first-order chi connectivity index (χ1) is 10.7. The Balaban J connectivity index is 1.30. The maximum atomic E-state index is 10.9. The van der Waals surface area contributed by atoms with Gasteiger partial charge in [0, 0.05) is 38.3 Å². The van der Waals surface area contributed by atoms with E-state index in [2.05, 4.69) is 0 Å². The average molecular weight is 314 g/mol. The highest BCUT2D eigenvalue weighted by atomic mass is 16.5. The number of hydrogen-bond donors (Lipinski definition) is 0. The molecule has 0 N–H and O–H groups in total. The van der Waals surface area contributed by atoms with E-state index in [9.17, 15) is 9.59 Å². The summed E-state index contributed by atoms with van der Waals surface area (Å²) in [5, 5.41) is 0. The topological polar surface area (TPSA) is 71.1 Å². The fourth-order valence-electron chi connectivity index (χ4n) is 2.69. The van der Waals surface area contributed by atoms with Gasteiger partial charge in [-0.3, -0.25) is 9.59 Å². The fraction of sp³-hybridized carbons (Fsp3) is 0.875. The van der Waals surface area contributed by atoms with Crippen molar-refractivity contribution in [2.24, 2.45) is 11.8 Å². The van der Waals surface area contributed by atoms with Crippen LogP contribution in [0, 0.1) is 11.8 Å². The molecular weight excluding hydrogens is 288 g/mol. The molecule has 6 nitrogen and oxygen atoms in total. The Bertz CT molecular complexity index is 323. The summed E-state index contributed by atoms with van der Waals surface area (Å²) in [4.78, 5) is 21.8. The minimum atomic E-state index is -0.0908. The molecular formula is C16H26O6. The Kier molecular flexibility index (Phi) is 7.66. The van der Waals surface area contributed by atoms with Gasteiger partial charge in [-0.15, -0.1) is 0 Å². The first kappa shape index (κ1) is 17.2. The predicted octanol–water partition coefficient (Wildman–Crippen LogP) is 1.71. The van der Waals surface area contributed by atoms with Gasteiger partial charge in [-0.05, 0) is 25.7 Å². The largest absolute Gasteiger partial charge is 0.465 e. The molecule has 126 valence electrons. The third-order valence-electron chi connectivity index (χ3n) is 4.02. The molecule has 2 fully saturated rings. The summed E-state index contributed by atoms with van der Waals surface area (Å²) in [6.45, 7) is 3.91. The summed E-state index contributed by atoms with van der Waals surface area (Å²) >= 11 is 0. The van der Waals surface area contributed by atoms with E-state index in [1.807, 2.05) is 0 Å². The van der Waals surface area contributed by atoms with Gasteiger partial charge in [0.15, 0.2) is 0 Å². The third-order valence-corrected chi connectivity index (χ3v) is 4.02. The van der Waals surface area contributed by atoms with Crippen molar-refractivity contribution < 1.29 is 28.5 Å². The molecule has 6 heteroatoms.